The topological polar surface area (TPSA) is 136 Å². The van der Waals surface area contributed by atoms with Gasteiger partial charge in [-0.3, -0.25) is 33.0 Å². The Morgan fingerprint density at radius 1 is 1.06 bits per heavy atom. The van der Waals surface area contributed by atoms with E-state index in [-0.39, 0.29) is 34.8 Å². The summed E-state index contributed by atoms with van der Waals surface area (Å²) in [5.41, 5.74) is 0.991. The number of hydrogen-bond acceptors (Lipinski definition) is 7. The van der Waals surface area contributed by atoms with Crippen molar-refractivity contribution in [3.05, 3.63) is 91.2 Å². The summed E-state index contributed by atoms with van der Waals surface area (Å²) < 4.78 is 10.7. The van der Waals surface area contributed by atoms with E-state index >= 15 is 0 Å². The number of carbonyl (C=O) groups is 1. The van der Waals surface area contributed by atoms with Crippen molar-refractivity contribution in [3.8, 4) is 16.9 Å². The lowest BCUT2D eigenvalue weighted by Gasteiger charge is -2.13. The fraction of sp³-hybridized carbons (Fsp3) is 0.167. The third-order valence-electron chi connectivity index (χ3n) is 5.98. The average Bonchev–Trinajstić information content (AvgIpc) is 3.43. The van der Waals surface area contributed by atoms with Gasteiger partial charge < -0.3 is 4.74 Å². The first-order valence-electron chi connectivity index (χ1n) is 11.0. The largest absolute Gasteiger partial charge is 0.462 e. The lowest BCUT2D eigenvalue weighted by molar-refractivity contribution is -0.384. The molecule has 0 saturated heterocycles. The highest BCUT2D eigenvalue weighted by molar-refractivity contribution is 5.94. The molecule has 12 nitrogen and oxygen atoms in total. The van der Waals surface area contributed by atoms with Crippen molar-refractivity contribution >= 4 is 28.6 Å². The number of ether oxygens (including phenoxy) is 1. The number of para-hydroxylation sites is 1. The first kappa shape index (κ1) is 22.8. The Kier molecular flexibility index (Phi) is 5.28. The zero-order chi connectivity index (χ0) is 25.7. The van der Waals surface area contributed by atoms with Crippen LogP contribution in [0.25, 0.3) is 33.9 Å². The molecule has 0 N–H and O–H groups in total. The number of hydrogen-bond donors (Lipinski definition) is 0. The SMILES string of the molecule is CCOC(=O)c1ccccc1-n1c(-c2ccc([N+](=O)[O-])cc2)cn2c3c(=O)n(C)c(=O)n(C)c3nc12. The van der Waals surface area contributed by atoms with E-state index in [1.807, 2.05) is 0 Å². The van der Waals surface area contributed by atoms with E-state index in [1.165, 1.54) is 30.8 Å². The van der Waals surface area contributed by atoms with E-state index in [9.17, 15) is 24.5 Å². The maximum absolute atomic E-state index is 13.1. The van der Waals surface area contributed by atoms with Gasteiger partial charge in [-0.1, -0.05) is 12.1 Å². The zero-order valence-electron chi connectivity index (χ0n) is 19.5. The first-order chi connectivity index (χ1) is 17.2. The molecule has 5 aromatic rings. The molecular formula is C24H20N6O6. The van der Waals surface area contributed by atoms with Gasteiger partial charge in [-0.2, -0.15) is 4.98 Å². The number of imidazole rings is 2. The Morgan fingerprint density at radius 3 is 2.42 bits per heavy atom. The summed E-state index contributed by atoms with van der Waals surface area (Å²) in [7, 11) is 2.90. The normalized spacial score (nSPS) is 11.3. The molecule has 3 heterocycles. The molecule has 5 rings (SSSR count). The molecule has 0 fully saturated rings. The quantitative estimate of drug-likeness (QED) is 0.211. The molecule has 36 heavy (non-hydrogen) atoms. The van der Waals surface area contributed by atoms with E-state index in [0.29, 0.717) is 16.9 Å². The second kappa shape index (κ2) is 8.34. The Hall–Kier alpha value is -5.00. The van der Waals surface area contributed by atoms with Crippen LogP contribution < -0.4 is 11.2 Å². The third kappa shape index (κ3) is 3.30. The van der Waals surface area contributed by atoms with E-state index in [2.05, 4.69) is 4.98 Å². The molecule has 0 radical (unpaired) electrons. The van der Waals surface area contributed by atoms with Crippen LogP contribution in [0.15, 0.2) is 64.3 Å². The first-order valence-corrected chi connectivity index (χ1v) is 11.0. The summed E-state index contributed by atoms with van der Waals surface area (Å²) in [6.45, 7) is 1.88. The lowest BCUT2D eigenvalue weighted by Crippen LogP contribution is -2.37. The highest BCUT2D eigenvalue weighted by Gasteiger charge is 2.24. The number of nitro groups is 1. The smallest absolute Gasteiger partial charge is 0.340 e. The fourth-order valence-electron chi connectivity index (χ4n) is 4.22. The second-order valence-electron chi connectivity index (χ2n) is 8.05. The molecule has 3 aromatic heterocycles. The summed E-state index contributed by atoms with van der Waals surface area (Å²) in [5, 5.41) is 11.2. The maximum Gasteiger partial charge on any atom is 0.340 e. The number of nitrogens with zero attached hydrogens (tertiary/aromatic N) is 6. The number of aromatic nitrogens is 5. The predicted molar refractivity (Wildman–Crippen MR) is 131 cm³/mol. The van der Waals surface area contributed by atoms with Gasteiger partial charge in [0.2, 0.25) is 5.78 Å². The number of nitro benzene ring substituents is 1. The Labute approximate surface area is 202 Å². The average molecular weight is 488 g/mol. The van der Waals surface area contributed by atoms with Gasteiger partial charge in [-0.25, -0.2) is 9.59 Å². The summed E-state index contributed by atoms with van der Waals surface area (Å²) in [5.74, 6) is -0.276. The molecule has 0 spiro atoms. The Balaban J connectivity index is 1.92. The Bertz CT molecular complexity index is 1810. The van der Waals surface area contributed by atoms with Crippen molar-refractivity contribution in [2.75, 3.05) is 6.61 Å². The lowest BCUT2D eigenvalue weighted by atomic mass is 10.1. The van der Waals surface area contributed by atoms with Crippen LogP contribution in [0, 0.1) is 10.1 Å². The fourth-order valence-corrected chi connectivity index (χ4v) is 4.22. The van der Waals surface area contributed by atoms with Crippen LogP contribution in [0.2, 0.25) is 0 Å². The van der Waals surface area contributed by atoms with Crippen molar-refractivity contribution in [1.29, 1.82) is 0 Å². The molecule has 0 unspecified atom stereocenters. The van der Waals surface area contributed by atoms with Crippen LogP contribution in [0.4, 0.5) is 5.69 Å². The molecular weight excluding hydrogens is 468 g/mol. The standard InChI is InChI=1S/C24H20N6O6/c1-4-36-22(32)16-7-5-6-8-17(16)29-18(14-9-11-15(12-10-14)30(34)35)13-28-19-20(25-23(28)29)26(2)24(33)27(3)21(19)31/h5-13H,4H2,1-3H3. The number of aryl methyl sites for hydroxylation is 1. The van der Waals surface area contributed by atoms with Crippen molar-refractivity contribution in [3.63, 3.8) is 0 Å². The molecule has 12 heteroatoms. The highest BCUT2D eigenvalue weighted by Crippen LogP contribution is 2.31. The molecule has 0 aliphatic carbocycles. The van der Waals surface area contributed by atoms with Crippen LogP contribution in [-0.4, -0.2) is 40.6 Å². The van der Waals surface area contributed by atoms with Crippen molar-refractivity contribution < 1.29 is 14.5 Å². The maximum atomic E-state index is 13.1. The number of benzene rings is 2. The van der Waals surface area contributed by atoms with Gasteiger partial charge in [0.1, 0.15) is 0 Å². The van der Waals surface area contributed by atoms with Gasteiger partial charge in [0.25, 0.3) is 11.2 Å². The van der Waals surface area contributed by atoms with Crippen molar-refractivity contribution in [1.82, 2.24) is 23.1 Å². The monoisotopic (exact) mass is 488 g/mol. The molecule has 0 aliphatic heterocycles. The van der Waals surface area contributed by atoms with Gasteiger partial charge in [0, 0.05) is 38.0 Å². The highest BCUT2D eigenvalue weighted by atomic mass is 16.6. The molecule has 0 bridgehead atoms. The van der Waals surface area contributed by atoms with E-state index < -0.39 is 22.1 Å². The number of rotatable bonds is 5. The predicted octanol–water partition coefficient (Wildman–Crippen LogP) is 2.43. The van der Waals surface area contributed by atoms with Crippen molar-refractivity contribution in [2.24, 2.45) is 14.1 Å². The summed E-state index contributed by atoms with van der Waals surface area (Å²) in [6, 6.07) is 12.6. The Morgan fingerprint density at radius 2 is 1.75 bits per heavy atom. The summed E-state index contributed by atoms with van der Waals surface area (Å²) in [6.07, 6.45) is 1.65. The second-order valence-corrected chi connectivity index (χ2v) is 8.05. The van der Waals surface area contributed by atoms with Gasteiger partial charge in [0.05, 0.1) is 28.5 Å². The van der Waals surface area contributed by atoms with E-state index in [0.717, 1.165) is 4.57 Å². The number of non-ortho nitro benzene ring substituents is 1. The van der Waals surface area contributed by atoms with E-state index in [4.69, 9.17) is 4.74 Å². The van der Waals surface area contributed by atoms with Crippen LogP contribution >= 0.6 is 0 Å². The van der Waals surface area contributed by atoms with Gasteiger partial charge in [-0.15, -0.1) is 0 Å². The molecule has 0 atom stereocenters. The van der Waals surface area contributed by atoms with Crippen molar-refractivity contribution in [2.45, 2.75) is 6.92 Å². The van der Waals surface area contributed by atoms with Crippen LogP contribution in [-0.2, 0) is 18.8 Å². The number of carbonyl (C=O) groups excluding carboxylic acids is 1. The molecule has 182 valence electrons. The van der Waals surface area contributed by atoms with Crippen LogP contribution in [0.3, 0.4) is 0 Å². The van der Waals surface area contributed by atoms with Crippen LogP contribution in [0.5, 0.6) is 0 Å². The minimum absolute atomic E-state index is 0.0807. The minimum Gasteiger partial charge on any atom is -0.462 e. The van der Waals surface area contributed by atoms with Gasteiger partial charge >= 0.3 is 11.7 Å². The van der Waals surface area contributed by atoms with Crippen LogP contribution in [0.1, 0.15) is 17.3 Å². The van der Waals surface area contributed by atoms with Gasteiger partial charge in [0.15, 0.2) is 11.2 Å². The van der Waals surface area contributed by atoms with Gasteiger partial charge in [-0.05, 0) is 31.2 Å². The summed E-state index contributed by atoms with van der Waals surface area (Å²) >= 11 is 0. The minimum atomic E-state index is -0.547. The molecule has 0 amide bonds. The van der Waals surface area contributed by atoms with E-state index in [1.54, 1.807) is 58.5 Å². The summed E-state index contributed by atoms with van der Waals surface area (Å²) in [4.78, 5) is 53.7. The molecule has 0 aliphatic rings. The zero-order valence-corrected chi connectivity index (χ0v) is 19.5. The molecule has 2 aromatic carbocycles. The number of esters is 1. The third-order valence-corrected chi connectivity index (χ3v) is 5.98. The molecule has 0 saturated carbocycles. The number of fused-ring (bicyclic) bond motifs is 3.